The minimum absolute atomic E-state index is 0.204. The van der Waals surface area contributed by atoms with Gasteiger partial charge >= 0.3 is 0 Å². The predicted molar refractivity (Wildman–Crippen MR) is 146 cm³/mol. The van der Waals surface area contributed by atoms with Crippen molar-refractivity contribution in [1.29, 1.82) is 0 Å². The van der Waals surface area contributed by atoms with Gasteiger partial charge in [-0.3, -0.25) is 14.4 Å². The van der Waals surface area contributed by atoms with Crippen LogP contribution in [0, 0.1) is 11.8 Å². The van der Waals surface area contributed by atoms with E-state index in [0.29, 0.717) is 25.8 Å². The van der Waals surface area contributed by atoms with Gasteiger partial charge < -0.3 is 24.5 Å². The zero-order valence-corrected chi connectivity index (χ0v) is 23.0. The Morgan fingerprint density at radius 2 is 1.84 bits per heavy atom. The van der Waals surface area contributed by atoms with E-state index in [1.807, 2.05) is 58.0 Å². The molecule has 1 N–H and O–H groups in total. The van der Waals surface area contributed by atoms with Crippen molar-refractivity contribution in [2.75, 3.05) is 24.6 Å². The molecule has 206 valence electrons. The zero-order valence-electron chi connectivity index (χ0n) is 23.0. The SMILES string of the molecule is C=CCN(C(=O)[C@@H]1[C@H]2C(=O)N([C@@H](CC)CO)C(C(=O)N(CC=C)C(C)(C)C)C23CC[C@H]1O3)c1ccccc1. The van der Waals surface area contributed by atoms with E-state index in [9.17, 15) is 19.5 Å². The third kappa shape index (κ3) is 4.37. The van der Waals surface area contributed by atoms with E-state index < -0.39 is 41.2 Å². The van der Waals surface area contributed by atoms with Crippen LogP contribution in [0.3, 0.4) is 0 Å². The molecule has 0 aliphatic carbocycles. The van der Waals surface area contributed by atoms with Gasteiger partial charge in [0, 0.05) is 24.3 Å². The van der Waals surface area contributed by atoms with E-state index in [4.69, 9.17) is 4.74 Å². The Morgan fingerprint density at radius 3 is 2.39 bits per heavy atom. The number of aliphatic hydroxyl groups excluding tert-OH is 1. The Morgan fingerprint density at radius 1 is 1.18 bits per heavy atom. The molecule has 0 aromatic heterocycles. The summed E-state index contributed by atoms with van der Waals surface area (Å²) in [7, 11) is 0. The van der Waals surface area contributed by atoms with Crippen molar-refractivity contribution < 1.29 is 24.2 Å². The van der Waals surface area contributed by atoms with Gasteiger partial charge in [0.2, 0.25) is 17.7 Å². The lowest BCUT2D eigenvalue weighted by Crippen LogP contribution is -2.61. The second-order valence-corrected chi connectivity index (χ2v) is 11.5. The van der Waals surface area contributed by atoms with E-state index >= 15 is 0 Å². The van der Waals surface area contributed by atoms with Crippen LogP contribution in [0.1, 0.15) is 47.0 Å². The summed E-state index contributed by atoms with van der Waals surface area (Å²) in [6.45, 7) is 15.7. The number of aliphatic hydroxyl groups is 1. The average molecular weight is 524 g/mol. The first-order chi connectivity index (χ1) is 18.1. The molecule has 1 aromatic carbocycles. The Labute approximate surface area is 225 Å². The number of para-hydroxylation sites is 1. The zero-order chi connectivity index (χ0) is 27.8. The number of nitrogens with zero attached hydrogens (tertiary/aromatic N) is 3. The van der Waals surface area contributed by atoms with Crippen molar-refractivity contribution in [3.8, 4) is 0 Å². The number of hydrogen-bond donors (Lipinski definition) is 1. The molecule has 2 unspecified atom stereocenters. The van der Waals surface area contributed by atoms with E-state index in [1.165, 1.54) is 4.90 Å². The van der Waals surface area contributed by atoms with Gasteiger partial charge in [-0.25, -0.2) is 0 Å². The summed E-state index contributed by atoms with van der Waals surface area (Å²) in [6, 6.07) is 7.84. The maximum absolute atomic E-state index is 14.3. The lowest BCUT2D eigenvalue weighted by molar-refractivity contribution is -0.154. The molecule has 6 atom stereocenters. The van der Waals surface area contributed by atoms with Crippen LogP contribution in [-0.2, 0) is 19.1 Å². The van der Waals surface area contributed by atoms with Crippen molar-refractivity contribution in [3.63, 3.8) is 0 Å². The molecular weight excluding hydrogens is 482 g/mol. The molecule has 4 rings (SSSR count). The quantitative estimate of drug-likeness (QED) is 0.476. The van der Waals surface area contributed by atoms with Gasteiger partial charge in [-0.05, 0) is 52.2 Å². The summed E-state index contributed by atoms with van der Waals surface area (Å²) in [5, 5.41) is 10.3. The molecule has 8 nitrogen and oxygen atoms in total. The number of fused-ring (bicyclic) bond motifs is 1. The minimum Gasteiger partial charge on any atom is -0.394 e. The van der Waals surface area contributed by atoms with Crippen molar-refractivity contribution in [3.05, 3.63) is 55.6 Å². The Balaban J connectivity index is 1.80. The number of carbonyl (C=O) groups excluding carboxylic acids is 3. The van der Waals surface area contributed by atoms with Crippen LogP contribution in [0.5, 0.6) is 0 Å². The Kier molecular flexibility index (Phi) is 7.86. The van der Waals surface area contributed by atoms with Crippen molar-refractivity contribution >= 4 is 23.4 Å². The van der Waals surface area contributed by atoms with Crippen molar-refractivity contribution in [1.82, 2.24) is 9.80 Å². The normalized spacial score (nSPS) is 28.7. The summed E-state index contributed by atoms with van der Waals surface area (Å²) >= 11 is 0. The number of carbonyl (C=O) groups is 3. The van der Waals surface area contributed by atoms with Crippen LogP contribution in [0.25, 0.3) is 0 Å². The van der Waals surface area contributed by atoms with Crippen molar-refractivity contribution in [2.24, 2.45) is 11.8 Å². The van der Waals surface area contributed by atoms with E-state index in [0.717, 1.165) is 5.69 Å². The summed E-state index contributed by atoms with van der Waals surface area (Å²) in [6.07, 6.45) is 4.45. The molecule has 8 heteroatoms. The molecule has 3 fully saturated rings. The summed E-state index contributed by atoms with van der Waals surface area (Å²) in [4.78, 5) is 47.7. The van der Waals surface area contributed by atoms with Gasteiger partial charge in [0.25, 0.3) is 0 Å². The monoisotopic (exact) mass is 523 g/mol. The molecule has 1 spiro atoms. The first-order valence-electron chi connectivity index (χ1n) is 13.6. The van der Waals surface area contributed by atoms with E-state index in [-0.39, 0.29) is 30.9 Å². The van der Waals surface area contributed by atoms with Crippen LogP contribution in [0.4, 0.5) is 5.69 Å². The number of ether oxygens (including phenoxy) is 1. The summed E-state index contributed by atoms with van der Waals surface area (Å²) in [5.41, 5.74) is -0.936. The van der Waals surface area contributed by atoms with E-state index in [2.05, 4.69) is 13.2 Å². The van der Waals surface area contributed by atoms with Crippen LogP contribution < -0.4 is 4.90 Å². The largest absolute Gasteiger partial charge is 0.394 e. The van der Waals surface area contributed by atoms with Gasteiger partial charge in [-0.1, -0.05) is 37.3 Å². The smallest absolute Gasteiger partial charge is 0.249 e. The Bertz CT molecular complexity index is 1080. The van der Waals surface area contributed by atoms with Gasteiger partial charge in [0.05, 0.1) is 30.6 Å². The standard InChI is InChI=1S/C30H41N3O5/c1-7-17-31(21-13-11-10-12-14-21)26(35)23-22-15-16-30(38-22)24(23)27(36)33(20(9-3)19-34)25(30)28(37)32(18-8-2)29(4,5)6/h7-8,10-14,20,22-25,34H,1-2,9,15-19H2,3-6H3/t20-,22+,23-,24-,25?,30?/m0/s1. The second kappa shape index (κ2) is 10.7. The highest BCUT2D eigenvalue weighted by Gasteiger charge is 2.75. The number of rotatable bonds is 10. The molecule has 3 aliphatic heterocycles. The molecular formula is C30H41N3O5. The number of amides is 3. The number of benzene rings is 1. The Hall–Kier alpha value is -2.97. The molecule has 1 aromatic rings. The van der Waals surface area contributed by atoms with Gasteiger partial charge in [-0.2, -0.15) is 0 Å². The lowest BCUT2D eigenvalue weighted by Gasteiger charge is -2.43. The highest BCUT2D eigenvalue weighted by Crippen LogP contribution is 2.59. The van der Waals surface area contributed by atoms with E-state index in [1.54, 1.807) is 22.0 Å². The lowest BCUT2D eigenvalue weighted by atomic mass is 9.70. The number of anilines is 1. The maximum atomic E-state index is 14.3. The van der Waals surface area contributed by atoms with Gasteiger partial charge in [-0.15, -0.1) is 13.2 Å². The van der Waals surface area contributed by atoms with Gasteiger partial charge in [0.15, 0.2) is 0 Å². The highest BCUT2D eigenvalue weighted by molar-refractivity contribution is 6.03. The molecule has 2 bridgehead atoms. The fourth-order valence-electron chi connectivity index (χ4n) is 6.67. The van der Waals surface area contributed by atoms with Crippen LogP contribution >= 0.6 is 0 Å². The molecule has 0 saturated carbocycles. The van der Waals surface area contributed by atoms with Crippen molar-refractivity contribution in [2.45, 2.75) is 76.3 Å². The first-order valence-corrected chi connectivity index (χ1v) is 13.6. The molecule has 0 radical (unpaired) electrons. The molecule has 3 amide bonds. The maximum Gasteiger partial charge on any atom is 0.249 e. The number of hydrogen-bond acceptors (Lipinski definition) is 5. The topological polar surface area (TPSA) is 90.4 Å². The summed E-state index contributed by atoms with van der Waals surface area (Å²) < 4.78 is 6.61. The minimum atomic E-state index is -1.12. The highest BCUT2D eigenvalue weighted by atomic mass is 16.5. The fraction of sp³-hybridized carbons (Fsp3) is 0.567. The molecule has 3 heterocycles. The molecule has 3 aliphatic rings. The third-order valence-electron chi connectivity index (χ3n) is 8.37. The predicted octanol–water partition coefficient (Wildman–Crippen LogP) is 3.16. The first kappa shape index (κ1) is 28.0. The second-order valence-electron chi connectivity index (χ2n) is 11.5. The van der Waals surface area contributed by atoms with Crippen LogP contribution in [0.2, 0.25) is 0 Å². The van der Waals surface area contributed by atoms with Crippen LogP contribution in [-0.4, -0.2) is 81.7 Å². The fourth-order valence-corrected chi connectivity index (χ4v) is 6.67. The molecule has 38 heavy (non-hydrogen) atoms. The third-order valence-corrected chi connectivity index (χ3v) is 8.37. The molecule has 3 saturated heterocycles. The van der Waals surface area contributed by atoms with Gasteiger partial charge in [0.1, 0.15) is 11.6 Å². The average Bonchev–Trinajstić information content (AvgIpc) is 3.53. The number of likely N-dealkylation sites (tertiary alicyclic amines) is 1. The van der Waals surface area contributed by atoms with Crippen LogP contribution in [0.15, 0.2) is 55.6 Å². The summed E-state index contributed by atoms with van der Waals surface area (Å²) in [5.74, 6) is -2.26.